The Kier molecular flexibility index (Phi) is 5.05. The molecule has 1 fully saturated rings. The van der Waals surface area contributed by atoms with Crippen LogP contribution in [0.15, 0.2) is 35.5 Å². The number of quaternary nitrogens is 1. The molecule has 0 unspecified atom stereocenters. The summed E-state index contributed by atoms with van der Waals surface area (Å²) in [4.78, 5) is 0.284. The fraction of sp³-hybridized carbons (Fsp3) is 0.400. The third kappa shape index (κ3) is 3.52. The van der Waals surface area contributed by atoms with Crippen LogP contribution in [0.5, 0.6) is 0 Å². The number of piperazine rings is 1. The van der Waals surface area contributed by atoms with Crippen molar-refractivity contribution in [2.75, 3.05) is 26.2 Å². The Morgan fingerprint density at radius 1 is 1.16 bits per heavy atom. The first-order valence-corrected chi connectivity index (χ1v) is 9.65. The van der Waals surface area contributed by atoms with Crippen LogP contribution in [0.2, 0.25) is 0 Å². The number of hydrogen-bond donors (Lipinski definition) is 1. The summed E-state index contributed by atoms with van der Waals surface area (Å²) in [6.45, 7) is 2.09. The molecule has 136 valence electrons. The van der Waals surface area contributed by atoms with Gasteiger partial charge in [-0.2, -0.15) is 4.31 Å². The number of halogens is 2. The largest absolute Gasteiger partial charge is 0.327 e. The highest BCUT2D eigenvalue weighted by atomic mass is 32.2. The smallest absolute Gasteiger partial charge is 0.249 e. The molecule has 1 aliphatic heterocycles. The van der Waals surface area contributed by atoms with E-state index in [0.717, 1.165) is 27.4 Å². The topological polar surface area (TPSA) is 51.7 Å². The van der Waals surface area contributed by atoms with E-state index in [1.165, 1.54) is 0 Å². The van der Waals surface area contributed by atoms with E-state index < -0.39 is 26.6 Å². The van der Waals surface area contributed by atoms with Crippen molar-refractivity contribution in [1.82, 2.24) is 13.4 Å². The van der Waals surface area contributed by atoms with E-state index >= 15 is 0 Å². The second kappa shape index (κ2) is 6.94. The zero-order valence-corrected chi connectivity index (χ0v) is 15.3. The fourth-order valence-electron chi connectivity index (χ4n) is 2.93. The highest BCUT2D eigenvalue weighted by Gasteiger charge is 2.34. The molecule has 2 aromatic rings. The number of nitrogens with zero attached hydrogens (tertiary/aromatic N) is 3. The number of sulfonamides is 1. The SMILES string of the molecule is Cn1ccn(C[NH+]2CCN(S(=O)(=O)c3c(F)cccc3F)CC2)c1=S. The van der Waals surface area contributed by atoms with Gasteiger partial charge in [0.1, 0.15) is 11.6 Å². The summed E-state index contributed by atoms with van der Waals surface area (Å²) < 4.78 is 58.4. The van der Waals surface area contributed by atoms with E-state index in [4.69, 9.17) is 12.2 Å². The van der Waals surface area contributed by atoms with E-state index in [1.54, 1.807) is 0 Å². The Morgan fingerprint density at radius 3 is 2.28 bits per heavy atom. The predicted molar refractivity (Wildman–Crippen MR) is 90.1 cm³/mol. The van der Waals surface area contributed by atoms with Crippen molar-refractivity contribution in [3.8, 4) is 0 Å². The number of imidazole rings is 1. The molecule has 3 rings (SSSR count). The number of rotatable bonds is 4. The average Bonchev–Trinajstić information content (AvgIpc) is 2.87. The minimum absolute atomic E-state index is 0.200. The first kappa shape index (κ1) is 18.2. The van der Waals surface area contributed by atoms with Gasteiger partial charge in [0, 0.05) is 19.4 Å². The predicted octanol–water partition coefficient (Wildman–Crippen LogP) is 0.381. The van der Waals surface area contributed by atoms with E-state index in [2.05, 4.69) is 0 Å². The molecular formula is C15H19F2N4O2S2+. The Bertz CT molecular complexity index is 911. The molecule has 0 bridgehead atoms. The Morgan fingerprint density at radius 2 is 1.76 bits per heavy atom. The molecule has 0 aliphatic carbocycles. The van der Waals surface area contributed by atoms with Crippen molar-refractivity contribution >= 4 is 22.2 Å². The van der Waals surface area contributed by atoms with E-state index in [1.807, 2.05) is 28.6 Å². The Balaban J connectivity index is 1.71. The first-order valence-electron chi connectivity index (χ1n) is 7.80. The van der Waals surface area contributed by atoms with Crippen LogP contribution < -0.4 is 4.90 Å². The van der Waals surface area contributed by atoms with Crippen molar-refractivity contribution in [2.24, 2.45) is 7.05 Å². The number of hydrogen-bond acceptors (Lipinski definition) is 3. The number of aromatic nitrogens is 2. The molecule has 0 amide bonds. The number of benzene rings is 1. The van der Waals surface area contributed by atoms with Gasteiger partial charge in [-0.15, -0.1) is 0 Å². The summed E-state index contributed by atoms with van der Waals surface area (Å²) in [5, 5.41) is 0. The summed E-state index contributed by atoms with van der Waals surface area (Å²) in [6.07, 6.45) is 3.75. The van der Waals surface area contributed by atoms with Gasteiger partial charge < -0.3 is 9.47 Å². The second-order valence-corrected chi connectivity index (χ2v) is 8.26. The Hall–Kier alpha value is -1.62. The van der Waals surface area contributed by atoms with E-state index in [0.29, 0.717) is 24.5 Å². The highest BCUT2D eigenvalue weighted by Crippen LogP contribution is 2.22. The van der Waals surface area contributed by atoms with Gasteiger partial charge in [0.05, 0.1) is 26.2 Å². The van der Waals surface area contributed by atoms with Gasteiger partial charge >= 0.3 is 0 Å². The molecule has 2 heterocycles. The first-order chi connectivity index (χ1) is 11.8. The standard InChI is InChI=1S/C15H18F2N4O2S2/c1-18-5-8-20(15(18)24)11-19-6-9-21(10-7-19)25(22,23)14-12(16)3-2-4-13(14)17/h2-5,8H,6-7,9-11H2,1H3/p+1. The van der Waals surface area contributed by atoms with Crippen LogP contribution in [0.1, 0.15) is 0 Å². The molecule has 0 saturated carbocycles. The van der Waals surface area contributed by atoms with Crippen molar-refractivity contribution in [3.63, 3.8) is 0 Å². The van der Waals surface area contributed by atoms with Crippen LogP contribution in [0.4, 0.5) is 8.78 Å². The molecule has 1 saturated heterocycles. The van der Waals surface area contributed by atoms with Gasteiger partial charge in [-0.1, -0.05) is 6.07 Å². The van der Waals surface area contributed by atoms with E-state index in [9.17, 15) is 17.2 Å². The van der Waals surface area contributed by atoms with Crippen LogP contribution in [-0.4, -0.2) is 48.0 Å². The van der Waals surface area contributed by atoms with Gasteiger partial charge in [-0.05, 0) is 24.4 Å². The lowest BCUT2D eigenvalue weighted by Gasteiger charge is -2.31. The summed E-state index contributed by atoms with van der Waals surface area (Å²) in [7, 11) is -2.32. The highest BCUT2D eigenvalue weighted by molar-refractivity contribution is 7.89. The van der Waals surface area contributed by atoms with Crippen molar-refractivity contribution in [1.29, 1.82) is 0 Å². The minimum atomic E-state index is -4.19. The number of aryl methyl sites for hydroxylation is 1. The van der Waals surface area contributed by atoms with Crippen LogP contribution in [0, 0.1) is 16.4 Å². The van der Waals surface area contributed by atoms with Crippen LogP contribution >= 0.6 is 12.2 Å². The third-order valence-corrected chi connectivity index (χ3v) is 6.83. The molecule has 1 aliphatic rings. The molecule has 0 atom stereocenters. The maximum Gasteiger partial charge on any atom is 0.249 e. The maximum absolute atomic E-state index is 13.8. The average molecular weight is 389 g/mol. The minimum Gasteiger partial charge on any atom is -0.327 e. The summed E-state index contributed by atoms with van der Waals surface area (Å²) >= 11 is 5.29. The summed E-state index contributed by atoms with van der Waals surface area (Å²) in [5.41, 5.74) is 0. The monoisotopic (exact) mass is 389 g/mol. The lowest BCUT2D eigenvalue weighted by Crippen LogP contribution is -3.14. The molecule has 25 heavy (non-hydrogen) atoms. The molecular weight excluding hydrogens is 370 g/mol. The van der Waals surface area contributed by atoms with Gasteiger partial charge in [-0.25, -0.2) is 17.2 Å². The molecule has 0 radical (unpaired) electrons. The number of nitrogens with one attached hydrogen (secondary N) is 1. The molecule has 0 spiro atoms. The van der Waals surface area contributed by atoms with E-state index in [-0.39, 0.29) is 13.1 Å². The van der Waals surface area contributed by atoms with Gasteiger partial charge in [-0.3, -0.25) is 4.57 Å². The molecule has 1 aromatic carbocycles. The maximum atomic E-state index is 13.8. The third-order valence-electron chi connectivity index (χ3n) is 4.36. The fourth-order valence-corrected chi connectivity index (χ4v) is 4.67. The van der Waals surface area contributed by atoms with Crippen molar-refractivity contribution in [2.45, 2.75) is 11.6 Å². The lowest BCUT2D eigenvalue weighted by molar-refractivity contribution is -0.926. The quantitative estimate of drug-likeness (QED) is 0.770. The zero-order chi connectivity index (χ0) is 18.2. The van der Waals surface area contributed by atoms with Crippen molar-refractivity contribution < 1.29 is 22.1 Å². The summed E-state index contributed by atoms with van der Waals surface area (Å²) in [5.74, 6) is -2.13. The van der Waals surface area contributed by atoms with Gasteiger partial charge in [0.25, 0.3) is 0 Å². The zero-order valence-electron chi connectivity index (χ0n) is 13.7. The molecule has 1 N–H and O–H groups in total. The summed E-state index contributed by atoms with van der Waals surface area (Å²) in [6, 6.07) is 3.05. The van der Waals surface area contributed by atoms with Crippen LogP contribution in [0.3, 0.4) is 0 Å². The molecule has 1 aromatic heterocycles. The van der Waals surface area contributed by atoms with Crippen LogP contribution in [0.25, 0.3) is 0 Å². The second-order valence-electron chi connectivity index (χ2n) is 6.02. The molecule has 6 nitrogen and oxygen atoms in total. The van der Waals surface area contributed by atoms with Gasteiger partial charge in [0.2, 0.25) is 10.0 Å². The normalized spacial score (nSPS) is 17.1. The van der Waals surface area contributed by atoms with Crippen LogP contribution in [-0.2, 0) is 23.7 Å². The lowest BCUT2D eigenvalue weighted by atomic mass is 10.3. The molecule has 10 heteroatoms. The van der Waals surface area contributed by atoms with Gasteiger partial charge in [0.15, 0.2) is 16.3 Å². The Labute approximate surface area is 149 Å². The van der Waals surface area contributed by atoms with Crippen molar-refractivity contribution in [3.05, 3.63) is 47.0 Å².